The normalized spacial score (nSPS) is 18.9. The second-order valence-corrected chi connectivity index (χ2v) is 4.90. The Balaban J connectivity index is 0.00000144. The van der Waals surface area contributed by atoms with Crippen molar-refractivity contribution in [2.45, 2.75) is 6.42 Å². The number of halogens is 1. The Morgan fingerprint density at radius 2 is 2.47 bits per heavy atom. The molecule has 0 aliphatic carbocycles. The fraction of sp³-hybridized carbons (Fsp3) is 0.545. The van der Waals surface area contributed by atoms with Gasteiger partial charge in [-0.05, 0) is 18.9 Å². The molecule has 0 spiro atoms. The number of nitrogens with zero attached hydrogens (tertiary/aromatic N) is 1. The van der Waals surface area contributed by atoms with E-state index in [0.29, 0.717) is 12.5 Å². The highest BCUT2D eigenvalue weighted by Crippen LogP contribution is 2.25. The molecule has 0 bridgehead atoms. The molecule has 1 aromatic rings. The fourth-order valence-electron chi connectivity index (χ4n) is 1.90. The number of likely N-dealkylation sites (tertiary alicyclic amines) is 1. The lowest BCUT2D eigenvalue weighted by Gasteiger charge is -2.14. The molecular weight excluding hydrogens is 260 g/mol. The number of nitrogens with two attached hydrogens (primary N) is 1. The van der Waals surface area contributed by atoms with Crippen LogP contribution in [0.2, 0.25) is 0 Å². The van der Waals surface area contributed by atoms with Crippen LogP contribution in [-0.4, -0.2) is 37.6 Å². The third-order valence-corrected chi connectivity index (χ3v) is 3.82. The van der Waals surface area contributed by atoms with Crippen LogP contribution in [0, 0.1) is 5.92 Å². The van der Waals surface area contributed by atoms with Gasteiger partial charge in [-0.3, -0.25) is 4.79 Å². The van der Waals surface area contributed by atoms with Gasteiger partial charge in [-0.1, -0.05) is 0 Å². The van der Waals surface area contributed by atoms with Gasteiger partial charge in [0.05, 0.1) is 12.0 Å². The van der Waals surface area contributed by atoms with E-state index < -0.39 is 0 Å². The highest BCUT2D eigenvalue weighted by molar-refractivity contribution is 7.12. The van der Waals surface area contributed by atoms with E-state index in [-0.39, 0.29) is 18.3 Å². The standard InChI is InChI=1S/C11H16N2O2S.ClH/c1-15-9-4-10(16-7-9)11(14)13-3-2-8(5-12)6-13;/h4,7-8H,2-3,5-6,12H2,1H3;1H. The number of hydrogen-bond acceptors (Lipinski definition) is 4. The predicted octanol–water partition coefficient (Wildman–Crippen LogP) is 1.60. The van der Waals surface area contributed by atoms with Crippen molar-refractivity contribution in [2.24, 2.45) is 11.7 Å². The summed E-state index contributed by atoms with van der Waals surface area (Å²) in [7, 11) is 1.61. The molecule has 2 N–H and O–H groups in total. The number of amides is 1. The molecule has 0 aromatic carbocycles. The van der Waals surface area contributed by atoms with Gasteiger partial charge in [-0.25, -0.2) is 0 Å². The number of ether oxygens (including phenoxy) is 1. The number of rotatable bonds is 3. The molecule has 1 saturated heterocycles. The topological polar surface area (TPSA) is 55.6 Å². The number of methoxy groups -OCH3 is 1. The number of hydrogen-bond donors (Lipinski definition) is 1. The molecule has 1 unspecified atom stereocenters. The third-order valence-electron chi connectivity index (χ3n) is 2.93. The van der Waals surface area contributed by atoms with E-state index in [1.54, 1.807) is 13.2 Å². The quantitative estimate of drug-likeness (QED) is 0.912. The predicted molar refractivity (Wildman–Crippen MR) is 71.2 cm³/mol. The van der Waals surface area contributed by atoms with Crippen LogP contribution in [0.25, 0.3) is 0 Å². The molecule has 0 saturated carbocycles. The van der Waals surface area contributed by atoms with Gasteiger partial charge < -0.3 is 15.4 Å². The maximum atomic E-state index is 12.1. The van der Waals surface area contributed by atoms with Crippen molar-refractivity contribution in [1.29, 1.82) is 0 Å². The van der Waals surface area contributed by atoms with Crippen molar-refractivity contribution in [2.75, 3.05) is 26.7 Å². The lowest BCUT2D eigenvalue weighted by molar-refractivity contribution is 0.0792. The van der Waals surface area contributed by atoms with E-state index >= 15 is 0 Å². The summed E-state index contributed by atoms with van der Waals surface area (Å²) in [5, 5.41) is 1.85. The largest absolute Gasteiger partial charge is 0.496 e. The SMILES string of the molecule is COc1csc(C(=O)N2CCC(CN)C2)c1.Cl. The zero-order chi connectivity index (χ0) is 11.5. The second kappa shape index (κ2) is 6.23. The first kappa shape index (κ1) is 14.3. The first-order valence-corrected chi connectivity index (χ1v) is 6.24. The Hall–Kier alpha value is -0.780. The molecule has 1 aliphatic heterocycles. The maximum absolute atomic E-state index is 12.1. The lowest BCUT2D eigenvalue weighted by Crippen LogP contribution is -2.29. The van der Waals surface area contributed by atoms with Crippen LogP contribution < -0.4 is 10.5 Å². The monoisotopic (exact) mass is 276 g/mol. The average Bonchev–Trinajstić information content (AvgIpc) is 2.97. The molecule has 6 heteroatoms. The molecule has 2 rings (SSSR count). The molecule has 17 heavy (non-hydrogen) atoms. The van der Waals surface area contributed by atoms with Gasteiger partial charge in [0.2, 0.25) is 0 Å². The van der Waals surface area contributed by atoms with E-state index in [2.05, 4.69) is 0 Å². The van der Waals surface area contributed by atoms with Gasteiger partial charge >= 0.3 is 0 Å². The number of carbonyl (C=O) groups is 1. The smallest absolute Gasteiger partial charge is 0.264 e. The average molecular weight is 277 g/mol. The van der Waals surface area contributed by atoms with E-state index in [0.717, 1.165) is 30.1 Å². The first-order valence-electron chi connectivity index (χ1n) is 5.36. The van der Waals surface area contributed by atoms with Crippen LogP contribution in [0.1, 0.15) is 16.1 Å². The maximum Gasteiger partial charge on any atom is 0.264 e. The van der Waals surface area contributed by atoms with E-state index in [9.17, 15) is 4.79 Å². The summed E-state index contributed by atoms with van der Waals surface area (Å²) in [6.07, 6.45) is 1.02. The lowest BCUT2D eigenvalue weighted by atomic mass is 10.1. The summed E-state index contributed by atoms with van der Waals surface area (Å²) in [6.45, 7) is 2.27. The molecule has 1 amide bonds. The molecule has 4 nitrogen and oxygen atoms in total. The van der Waals surface area contributed by atoms with E-state index in [1.807, 2.05) is 10.3 Å². The van der Waals surface area contributed by atoms with Crippen LogP contribution in [0.4, 0.5) is 0 Å². The van der Waals surface area contributed by atoms with Crippen LogP contribution >= 0.6 is 23.7 Å². The van der Waals surface area contributed by atoms with Crippen LogP contribution in [0.3, 0.4) is 0 Å². The van der Waals surface area contributed by atoms with Crippen molar-refractivity contribution in [3.05, 3.63) is 16.3 Å². The molecule has 0 radical (unpaired) electrons. The Bertz CT molecular complexity index is 383. The highest BCUT2D eigenvalue weighted by Gasteiger charge is 2.26. The summed E-state index contributed by atoms with van der Waals surface area (Å²) in [4.78, 5) is 14.7. The van der Waals surface area contributed by atoms with Gasteiger partial charge in [-0.2, -0.15) is 0 Å². The van der Waals surface area contributed by atoms with Crippen LogP contribution in [0.5, 0.6) is 5.75 Å². The highest BCUT2D eigenvalue weighted by atomic mass is 35.5. The van der Waals surface area contributed by atoms with Gasteiger partial charge in [0.15, 0.2) is 0 Å². The molecule has 1 aromatic heterocycles. The van der Waals surface area contributed by atoms with Crippen molar-refractivity contribution in [3.8, 4) is 5.75 Å². The van der Waals surface area contributed by atoms with Crippen molar-refractivity contribution in [1.82, 2.24) is 4.90 Å². The van der Waals surface area contributed by atoms with Crippen molar-refractivity contribution < 1.29 is 9.53 Å². The molecule has 2 heterocycles. The van der Waals surface area contributed by atoms with Crippen molar-refractivity contribution in [3.63, 3.8) is 0 Å². The minimum absolute atomic E-state index is 0. The molecular formula is C11H17ClN2O2S. The second-order valence-electron chi connectivity index (χ2n) is 3.99. The summed E-state index contributed by atoms with van der Waals surface area (Å²) >= 11 is 1.43. The fourth-order valence-corrected chi connectivity index (χ4v) is 2.72. The minimum Gasteiger partial charge on any atom is -0.496 e. The van der Waals surface area contributed by atoms with Crippen LogP contribution in [0.15, 0.2) is 11.4 Å². The zero-order valence-corrected chi connectivity index (χ0v) is 11.4. The Kier molecular flexibility index (Phi) is 5.24. The van der Waals surface area contributed by atoms with Gasteiger partial charge in [-0.15, -0.1) is 23.7 Å². The van der Waals surface area contributed by atoms with Gasteiger partial charge in [0.1, 0.15) is 5.75 Å². The Morgan fingerprint density at radius 3 is 3.00 bits per heavy atom. The van der Waals surface area contributed by atoms with Crippen molar-refractivity contribution >= 4 is 29.7 Å². The molecule has 1 aliphatic rings. The summed E-state index contributed by atoms with van der Waals surface area (Å²) < 4.78 is 5.07. The Morgan fingerprint density at radius 1 is 1.71 bits per heavy atom. The summed E-state index contributed by atoms with van der Waals surface area (Å²) in [6, 6.07) is 1.79. The van der Waals surface area contributed by atoms with Crippen LogP contribution in [-0.2, 0) is 0 Å². The first-order chi connectivity index (χ1) is 7.74. The zero-order valence-electron chi connectivity index (χ0n) is 9.72. The minimum atomic E-state index is 0. The summed E-state index contributed by atoms with van der Waals surface area (Å²) in [5.74, 6) is 1.32. The molecule has 1 fully saturated rings. The van der Waals surface area contributed by atoms with E-state index in [1.165, 1.54) is 11.3 Å². The van der Waals surface area contributed by atoms with E-state index in [4.69, 9.17) is 10.5 Å². The Labute approximate surface area is 111 Å². The van der Waals surface area contributed by atoms with Gasteiger partial charge in [0.25, 0.3) is 5.91 Å². The number of thiophene rings is 1. The third kappa shape index (κ3) is 3.12. The summed E-state index contributed by atoms with van der Waals surface area (Å²) in [5.41, 5.74) is 5.61. The number of carbonyl (C=O) groups excluding carboxylic acids is 1. The molecule has 96 valence electrons. The van der Waals surface area contributed by atoms with Gasteiger partial charge in [0, 0.05) is 24.5 Å². The molecule has 1 atom stereocenters.